The highest BCUT2D eigenvalue weighted by Crippen LogP contribution is 2.28. The number of hydrogen-bond acceptors (Lipinski definition) is 3. The first-order chi connectivity index (χ1) is 6.27. The Morgan fingerprint density at radius 3 is 2.92 bits per heavy atom. The molecule has 0 unspecified atom stereocenters. The van der Waals surface area contributed by atoms with Crippen LogP contribution in [0.1, 0.15) is 11.1 Å². The van der Waals surface area contributed by atoms with E-state index < -0.39 is 7.32 Å². The average Bonchev–Trinajstić information content (AvgIpc) is 2.51. The Bertz CT molecular complexity index is 347. The summed E-state index contributed by atoms with van der Waals surface area (Å²) in [6.45, 7) is 0. The van der Waals surface area contributed by atoms with Gasteiger partial charge in [0.15, 0.2) is 0 Å². The van der Waals surface area contributed by atoms with E-state index in [-0.39, 0.29) is 0 Å². The highest BCUT2D eigenvalue weighted by Gasteiger charge is 2.16. The van der Waals surface area contributed by atoms with Gasteiger partial charge in [0.2, 0.25) is 0 Å². The third-order valence-electron chi connectivity index (χ3n) is 2.01. The third-order valence-corrected chi connectivity index (χ3v) is 2.01. The van der Waals surface area contributed by atoms with E-state index in [0.717, 1.165) is 17.5 Å². The molecule has 0 aromatic heterocycles. The molecule has 1 aromatic rings. The second kappa shape index (κ2) is 3.24. The van der Waals surface area contributed by atoms with Gasteiger partial charge in [-0.15, -0.1) is 0 Å². The van der Waals surface area contributed by atoms with E-state index in [2.05, 4.69) is 0 Å². The minimum absolute atomic E-state index is 0.515. The summed E-state index contributed by atoms with van der Waals surface area (Å²) in [4.78, 5) is 0. The second-order valence-corrected chi connectivity index (χ2v) is 2.88. The lowest BCUT2D eigenvalue weighted by Gasteiger charge is -2.08. The summed E-state index contributed by atoms with van der Waals surface area (Å²) in [6.07, 6.45) is 4.82. The molecule has 0 saturated carbocycles. The van der Waals surface area contributed by atoms with Crippen molar-refractivity contribution in [1.29, 1.82) is 0 Å². The van der Waals surface area contributed by atoms with Gasteiger partial charge in [-0.05, 0) is 18.1 Å². The van der Waals surface area contributed by atoms with Crippen LogP contribution in [0.5, 0.6) is 5.75 Å². The average molecular weight is 176 g/mol. The lowest BCUT2D eigenvalue weighted by molar-refractivity contribution is 0.288. The van der Waals surface area contributed by atoms with Crippen LogP contribution < -0.4 is 4.65 Å². The van der Waals surface area contributed by atoms with E-state index in [4.69, 9.17) is 14.7 Å². The van der Waals surface area contributed by atoms with Crippen LogP contribution in [-0.4, -0.2) is 17.4 Å². The van der Waals surface area contributed by atoms with Crippen molar-refractivity contribution in [3.8, 4) is 5.75 Å². The van der Waals surface area contributed by atoms with E-state index in [1.807, 2.05) is 24.3 Å². The molecular formula is C9H9BO3. The van der Waals surface area contributed by atoms with Gasteiger partial charge in [0.25, 0.3) is 0 Å². The predicted octanol–water partition coefficient (Wildman–Crippen LogP) is 0.604. The zero-order chi connectivity index (χ0) is 9.26. The molecule has 1 aliphatic rings. The molecule has 0 bridgehead atoms. The van der Waals surface area contributed by atoms with Crippen molar-refractivity contribution in [2.24, 2.45) is 0 Å². The Morgan fingerprint density at radius 1 is 1.31 bits per heavy atom. The Labute approximate surface area is 76.5 Å². The Hall–Kier alpha value is -1.26. The van der Waals surface area contributed by atoms with Gasteiger partial charge >= 0.3 is 7.32 Å². The summed E-state index contributed by atoms with van der Waals surface area (Å²) in [7, 11) is -1.75. The van der Waals surface area contributed by atoms with E-state index in [0.29, 0.717) is 5.75 Å². The zero-order valence-corrected chi connectivity index (χ0v) is 6.97. The second-order valence-electron chi connectivity index (χ2n) is 2.88. The molecule has 2 N–H and O–H groups in total. The van der Waals surface area contributed by atoms with Gasteiger partial charge in [-0.2, -0.15) is 0 Å². The zero-order valence-electron chi connectivity index (χ0n) is 6.97. The molecule has 1 aliphatic carbocycles. The number of benzene rings is 1. The maximum Gasteiger partial charge on any atom is 0.707 e. The quantitative estimate of drug-likeness (QED) is 0.648. The topological polar surface area (TPSA) is 49.7 Å². The fourth-order valence-corrected chi connectivity index (χ4v) is 1.48. The maximum absolute atomic E-state index is 8.65. The van der Waals surface area contributed by atoms with Gasteiger partial charge in [0.1, 0.15) is 5.75 Å². The smallest absolute Gasteiger partial charge is 0.512 e. The summed E-state index contributed by atoms with van der Waals surface area (Å²) in [6, 6.07) is 5.55. The molecule has 4 heteroatoms. The Kier molecular flexibility index (Phi) is 2.08. The first-order valence-electron chi connectivity index (χ1n) is 4.08. The van der Waals surface area contributed by atoms with E-state index in [1.54, 1.807) is 6.07 Å². The van der Waals surface area contributed by atoms with Crippen LogP contribution in [0.25, 0.3) is 6.08 Å². The molecule has 13 heavy (non-hydrogen) atoms. The van der Waals surface area contributed by atoms with Crippen molar-refractivity contribution >= 4 is 13.4 Å². The fourth-order valence-electron chi connectivity index (χ4n) is 1.48. The van der Waals surface area contributed by atoms with Crippen LogP contribution in [0.3, 0.4) is 0 Å². The third kappa shape index (κ3) is 1.59. The maximum atomic E-state index is 8.65. The summed E-state index contributed by atoms with van der Waals surface area (Å²) < 4.78 is 4.82. The highest BCUT2D eigenvalue weighted by molar-refractivity contribution is 6.33. The molecule has 3 nitrogen and oxygen atoms in total. The van der Waals surface area contributed by atoms with E-state index in [9.17, 15) is 0 Å². The summed E-state index contributed by atoms with van der Waals surface area (Å²) >= 11 is 0. The van der Waals surface area contributed by atoms with Crippen LogP contribution in [0, 0.1) is 0 Å². The molecule has 0 spiro atoms. The minimum atomic E-state index is -1.75. The van der Waals surface area contributed by atoms with Gasteiger partial charge in [0, 0.05) is 5.56 Å². The van der Waals surface area contributed by atoms with Gasteiger partial charge in [0.05, 0.1) is 0 Å². The Morgan fingerprint density at radius 2 is 2.15 bits per heavy atom. The minimum Gasteiger partial charge on any atom is -0.512 e. The van der Waals surface area contributed by atoms with Crippen molar-refractivity contribution in [3.05, 3.63) is 35.4 Å². The monoisotopic (exact) mass is 176 g/mol. The number of hydrogen-bond donors (Lipinski definition) is 2. The number of fused-ring (bicyclic) bond motifs is 1. The SMILES string of the molecule is OB(O)Oc1cccc2c1C=CC2. The summed E-state index contributed by atoms with van der Waals surface area (Å²) in [5.74, 6) is 0.515. The van der Waals surface area contributed by atoms with Crippen molar-refractivity contribution in [3.63, 3.8) is 0 Å². The van der Waals surface area contributed by atoms with Crippen molar-refractivity contribution in [1.82, 2.24) is 0 Å². The van der Waals surface area contributed by atoms with Crippen LogP contribution in [-0.2, 0) is 6.42 Å². The Balaban J connectivity index is 2.35. The molecule has 1 aromatic carbocycles. The van der Waals surface area contributed by atoms with Crippen LogP contribution in [0.2, 0.25) is 0 Å². The first kappa shape index (κ1) is 8.35. The molecule has 0 fully saturated rings. The van der Waals surface area contributed by atoms with Crippen LogP contribution in [0.15, 0.2) is 24.3 Å². The largest absolute Gasteiger partial charge is 0.707 e. The molecule has 0 atom stereocenters. The molecule has 0 aliphatic heterocycles. The summed E-state index contributed by atoms with van der Waals surface area (Å²) in [5.41, 5.74) is 2.09. The summed E-state index contributed by atoms with van der Waals surface area (Å²) in [5, 5.41) is 17.3. The molecule has 0 radical (unpaired) electrons. The fraction of sp³-hybridized carbons (Fsp3) is 0.111. The van der Waals surface area contributed by atoms with Crippen LogP contribution in [0.4, 0.5) is 0 Å². The number of rotatable bonds is 2. The lowest BCUT2D eigenvalue weighted by atomic mass is 10.1. The first-order valence-corrected chi connectivity index (χ1v) is 4.08. The van der Waals surface area contributed by atoms with Gasteiger partial charge in [-0.1, -0.05) is 24.3 Å². The standard InChI is InChI=1S/C9H9BO3/c11-10(12)13-9-6-2-4-7-3-1-5-8(7)9/h1-2,4-6,11-12H,3H2. The van der Waals surface area contributed by atoms with Gasteiger partial charge in [-0.25, -0.2) is 0 Å². The number of allylic oxidation sites excluding steroid dienone is 1. The van der Waals surface area contributed by atoms with E-state index in [1.165, 1.54) is 0 Å². The molecular weight excluding hydrogens is 167 g/mol. The molecule has 0 heterocycles. The molecule has 66 valence electrons. The van der Waals surface area contributed by atoms with E-state index >= 15 is 0 Å². The van der Waals surface area contributed by atoms with Gasteiger partial charge < -0.3 is 14.7 Å². The van der Waals surface area contributed by atoms with Crippen LogP contribution >= 0.6 is 0 Å². The molecule has 0 amide bonds. The van der Waals surface area contributed by atoms with Crippen molar-refractivity contribution in [2.45, 2.75) is 6.42 Å². The molecule has 2 rings (SSSR count). The molecule has 0 saturated heterocycles. The normalized spacial score (nSPS) is 12.8. The van der Waals surface area contributed by atoms with Crippen molar-refractivity contribution < 1.29 is 14.7 Å². The lowest BCUT2D eigenvalue weighted by Crippen LogP contribution is -2.21. The van der Waals surface area contributed by atoms with Crippen molar-refractivity contribution in [2.75, 3.05) is 0 Å². The van der Waals surface area contributed by atoms with Gasteiger partial charge in [-0.3, -0.25) is 0 Å². The highest BCUT2D eigenvalue weighted by atomic mass is 16.6. The predicted molar refractivity (Wildman–Crippen MR) is 50.0 cm³/mol.